The fraction of sp³-hybridized carbons (Fsp3) is 0.615. The molecule has 2 nitrogen and oxygen atoms in total. The van der Waals surface area contributed by atoms with Crippen LogP contribution in [0.2, 0.25) is 0 Å². The summed E-state index contributed by atoms with van der Waals surface area (Å²) in [5.41, 5.74) is 4.52. The molecule has 0 atom stereocenters. The van der Waals surface area contributed by atoms with Crippen LogP contribution >= 0.6 is 0 Å². The molecule has 1 rings (SSSR count). The maximum absolute atomic E-state index is 4.69. The van der Waals surface area contributed by atoms with Gasteiger partial charge in [-0.05, 0) is 25.7 Å². The van der Waals surface area contributed by atoms with E-state index in [1.807, 2.05) is 6.21 Å². The Morgan fingerprint density at radius 2 is 1.73 bits per heavy atom. The summed E-state index contributed by atoms with van der Waals surface area (Å²) < 4.78 is 0. The largest absolute Gasteiger partial charge is 0.658 e. The maximum Gasteiger partial charge on any atom is 0.0245 e. The van der Waals surface area contributed by atoms with E-state index in [1.165, 1.54) is 5.57 Å². The van der Waals surface area contributed by atoms with Crippen LogP contribution in [0.15, 0.2) is 27.7 Å². The van der Waals surface area contributed by atoms with Gasteiger partial charge in [-0.2, -0.15) is 0 Å². The van der Waals surface area contributed by atoms with Crippen molar-refractivity contribution in [2.24, 2.45) is 16.8 Å². The third-order valence-electron chi connectivity index (χ3n) is 2.44. The number of allylic oxidation sites excluding steroid dienone is 4. The van der Waals surface area contributed by atoms with E-state index in [9.17, 15) is 0 Å². The fourth-order valence-corrected chi connectivity index (χ4v) is 1.52. The fourth-order valence-electron chi connectivity index (χ4n) is 1.52. The van der Waals surface area contributed by atoms with Crippen LogP contribution in [-0.2, 0) is 0 Å². The van der Waals surface area contributed by atoms with Gasteiger partial charge in [0.15, 0.2) is 0 Å². The van der Waals surface area contributed by atoms with E-state index in [2.05, 4.69) is 46.5 Å². The highest BCUT2D eigenvalue weighted by Gasteiger charge is 2.09. The highest BCUT2D eigenvalue weighted by atomic mass is 15.0. The van der Waals surface area contributed by atoms with Crippen molar-refractivity contribution in [2.45, 2.75) is 41.5 Å². The highest BCUT2D eigenvalue weighted by molar-refractivity contribution is 5.87. The minimum Gasteiger partial charge on any atom is -0.658 e. The molecule has 1 aliphatic rings. The first-order valence-corrected chi connectivity index (χ1v) is 5.60. The van der Waals surface area contributed by atoms with Crippen LogP contribution in [0.4, 0.5) is 0 Å². The summed E-state index contributed by atoms with van der Waals surface area (Å²) >= 11 is 0. The quantitative estimate of drug-likeness (QED) is 0.644. The Morgan fingerprint density at radius 3 is 2.13 bits per heavy atom. The minimum absolute atomic E-state index is 0.439. The van der Waals surface area contributed by atoms with Crippen molar-refractivity contribution in [1.29, 1.82) is 0 Å². The first-order chi connectivity index (χ1) is 6.93. The number of nitrogens with zero attached hydrogens (tertiary/aromatic N) is 2. The Bertz CT molecular complexity index is 326. The summed E-state index contributed by atoms with van der Waals surface area (Å²) in [5, 5.41) is 4.69. The van der Waals surface area contributed by atoms with Crippen molar-refractivity contribution >= 4 is 6.21 Å². The standard InChI is InChI=1S/C13H21N2/c1-8(2)11-7-14-12(9(3)4)13(15-11)10(5)6/h7,9-10H,1-6H3/q-1. The van der Waals surface area contributed by atoms with E-state index in [4.69, 9.17) is 5.32 Å². The summed E-state index contributed by atoms with van der Waals surface area (Å²) in [6, 6.07) is 0. The Balaban J connectivity index is 3.09. The maximum atomic E-state index is 4.69. The van der Waals surface area contributed by atoms with Crippen molar-refractivity contribution in [1.82, 2.24) is 0 Å². The topological polar surface area (TPSA) is 26.5 Å². The van der Waals surface area contributed by atoms with Crippen LogP contribution in [0, 0.1) is 11.8 Å². The lowest BCUT2D eigenvalue weighted by Gasteiger charge is -2.37. The van der Waals surface area contributed by atoms with Gasteiger partial charge in [-0.15, -0.1) is 11.4 Å². The van der Waals surface area contributed by atoms with E-state index < -0.39 is 0 Å². The summed E-state index contributed by atoms with van der Waals surface area (Å²) in [6.07, 6.45) is 1.89. The number of hydrogen-bond acceptors (Lipinski definition) is 1. The van der Waals surface area contributed by atoms with Gasteiger partial charge in [-0.25, -0.2) is 0 Å². The van der Waals surface area contributed by atoms with Crippen LogP contribution < -0.4 is 0 Å². The lowest BCUT2D eigenvalue weighted by molar-refractivity contribution is 0.690. The molecule has 0 radical (unpaired) electrons. The lowest BCUT2D eigenvalue weighted by Crippen LogP contribution is -2.09. The van der Waals surface area contributed by atoms with Gasteiger partial charge in [0.05, 0.1) is 0 Å². The average molecular weight is 205 g/mol. The Morgan fingerprint density at radius 1 is 1.13 bits per heavy atom. The molecule has 0 saturated heterocycles. The first kappa shape index (κ1) is 12.0. The molecule has 84 valence electrons. The molecule has 0 spiro atoms. The van der Waals surface area contributed by atoms with E-state index >= 15 is 0 Å². The monoisotopic (exact) mass is 205 g/mol. The van der Waals surface area contributed by atoms with E-state index in [0.717, 1.165) is 17.1 Å². The van der Waals surface area contributed by atoms with Crippen LogP contribution in [0.5, 0.6) is 0 Å². The lowest BCUT2D eigenvalue weighted by atomic mass is 9.99. The molecule has 0 aromatic rings. The van der Waals surface area contributed by atoms with Crippen LogP contribution in [0.25, 0.3) is 5.32 Å². The third kappa shape index (κ3) is 2.71. The molecule has 0 amide bonds. The van der Waals surface area contributed by atoms with Crippen molar-refractivity contribution < 1.29 is 0 Å². The van der Waals surface area contributed by atoms with Gasteiger partial charge in [-0.3, -0.25) is 4.99 Å². The molecular formula is C13H21N2-. The zero-order valence-corrected chi connectivity index (χ0v) is 10.6. The molecule has 0 N–H and O–H groups in total. The second-order valence-corrected chi connectivity index (χ2v) is 4.84. The predicted octanol–water partition coefficient (Wildman–Crippen LogP) is 4.26. The molecule has 15 heavy (non-hydrogen) atoms. The molecular weight excluding hydrogens is 184 g/mol. The first-order valence-electron chi connectivity index (χ1n) is 5.60. The summed E-state index contributed by atoms with van der Waals surface area (Å²) in [7, 11) is 0. The number of rotatable bonds is 2. The average Bonchev–Trinajstić information content (AvgIpc) is 2.16. The summed E-state index contributed by atoms with van der Waals surface area (Å²) in [6.45, 7) is 12.8. The van der Waals surface area contributed by atoms with Crippen molar-refractivity contribution in [3.05, 3.63) is 28.0 Å². The van der Waals surface area contributed by atoms with Crippen molar-refractivity contribution in [2.75, 3.05) is 0 Å². The Hall–Kier alpha value is -1.05. The van der Waals surface area contributed by atoms with Gasteiger partial charge in [-0.1, -0.05) is 33.3 Å². The van der Waals surface area contributed by atoms with E-state index in [1.54, 1.807) is 0 Å². The van der Waals surface area contributed by atoms with Crippen LogP contribution in [0.1, 0.15) is 41.5 Å². The smallest absolute Gasteiger partial charge is 0.0245 e. The predicted molar refractivity (Wildman–Crippen MR) is 66.9 cm³/mol. The van der Waals surface area contributed by atoms with Gasteiger partial charge in [0, 0.05) is 11.9 Å². The molecule has 0 fully saturated rings. The third-order valence-corrected chi connectivity index (χ3v) is 2.44. The zero-order chi connectivity index (χ0) is 11.6. The Labute approximate surface area is 93.2 Å². The second kappa shape index (κ2) is 4.65. The van der Waals surface area contributed by atoms with Gasteiger partial charge in [0.25, 0.3) is 0 Å². The van der Waals surface area contributed by atoms with Gasteiger partial charge in [0.1, 0.15) is 0 Å². The second-order valence-electron chi connectivity index (χ2n) is 4.84. The van der Waals surface area contributed by atoms with Gasteiger partial charge < -0.3 is 5.32 Å². The molecule has 0 aromatic heterocycles. The molecule has 0 unspecified atom stereocenters. The number of aliphatic imine (C=N–C) groups is 1. The SMILES string of the molecule is CC(C)=C1C=NC(C(C)C)=C(C(C)C)[N-]1. The zero-order valence-electron chi connectivity index (χ0n) is 10.6. The molecule has 0 aromatic carbocycles. The van der Waals surface area contributed by atoms with Crippen LogP contribution in [-0.4, -0.2) is 6.21 Å². The highest BCUT2D eigenvalue weighted by Crippen LogP contribution is 2.33. The normalized spacial score (nSPS) is 16.4. The minimum atomic E-state index is 0.439. The van der Waals surface area contributed by atoms with E-state index in [0.29, 0.717) is 11.8 Å². The van der Waals surface area contributed by atoms with E-state index in [-0.39, 0.29) is 0 Å². The van der Waals surface area contributed by atoms with Crippen molar-refractivity contribution in [3.8, 4) is 0 Å². The molecule has 0 aliphatic carbocycles. The molecule has 0 bridgehead atoms. The molecule has 1 aliphatic heterocycles. The van der Waals surface area contributed by atoms with Crippen molar-refractivity contribution in [3.63, 3.8) is 0 Å². The Kier molecular flexibility index (Phi) is 3.72. The summed E-state index contributed by atoms with van der Waals surface area (Å²) in [4.78, 5) is 4.54. The molecule has 1 heterocycles. The number of hydrogen-bond donors (Lipinski definition) is 0. The summed E-state index contributed by atoms with van der Waals surface area (Å²) in [5.74, 6) is 0.885. The van der Waals surface area contributed by atoms with Gasteiger partial charge >= 0.3 is 0 Å². The van der Waals surface area contributed by atoms with Crippen LogP contribution in [0.3, 0.4) is 0 Å². The molecule has 0 saturated carbocycles. The van der Waals surface area contributed by atoms with Gasteiger partial charge in [0.2, 0.25) is 0 Å². The molecule has 2 heteroatoms.